The van der Waals surface area contributed by atoms with Crippen molar-refractivity contribution < 1.29 is 4.39 Å². The Kier molecular flexibility index (Phi) is 3.58. The normalized spacial score (nSPS) is 10.7. The standard InChI is InChI=1S/C16H13FN2S/c17-13-8-4-7-12(9-13)16-19-14(10-18)15(20-16)11-5-2-1-3-6-11/h1-9H,10,18H2. The zero-order chi connectivity index (χ0) is 13.9. The van der Waals surface area contributed by atoms with Crippen LogP contribution in [0.4, 0.5) is 4.39 Å². The number of hydrogen-bond acceptors (Lipinski definition) is 3. The van der Waals surface area contributed by atoms with E-state index in [-0.39, 0.29) is 5.82 Å². The summed E-state index contributed by atoms with van der Waals surface area (Å²) in [5, 5.41) is 0.795. The van der Waals surface area contributed by atoms with Gasteiger partial charge in [0.05, 0.1) is 10.6 Å². The maximum Gasteiger partial charge on any atom is 0.124 e. The van der Waals surface area contributed by atoms with Crippen LogP contribution in [0.25, 0.3) is 21.0 Å². The number of rotatable bonds is 3. The Morgan fingerprint density at radius 3 is 2.45 bits per heavy atom. The van der Waals surface area contributed by atoms with E-state index in [0.717, 1.165) is 26.7 Å². The second-order valence-electron chi connectivity index (χ2n) is 4.38. The first-order valence-corrected chi connectivity index (χ1v) is 7.10. The molecule has 100 valence electrons. The lowest BCUT2D eigenvalue weighted by Gasteiger charge is -1.98. The van der Waals surface area contributed by atoms with Crippen LogP contribution < -0.4 is 5.73 Å². The Labute approximate surface area is 120 Å². The molecule has 0 aliphatic rings. The van der Waals surface area contributed by atoms with Crippen LogP contribution in [0.15, 0.2) is 54.6 Å². The van der Waals surface area contributed by atoms with Gasteiger partial charge in [0.2, 0.25) is 0 Å². The molecule has 0 bridgehead atoms. The molecule has 0 fully saturated rings. The molecular weight excluding hydrogens is 271 g/mol. The lowest BCUT2D eigenvalue weighted by atomic mass is 10.1. The van der Waals surface area contributed by atoms with Crippen LogP contribution in [0, 0.1) is 5.82 Å². The van der Waals surface area contributed by atoms with Crippen LogP contribution in [0.2, 0.25) is 0 Å². The number of aromatic nitrogens is 1. The van der Waals surface area contributed by atoms with Crippen molar-refractivity contribution in [3.8, 4) is 21.0 Å². The van der Waals surface area contributed by atoms with Crippen LogP contribution >= 0.6 is 11.3 Å². The monoisotopic (exact) mass is 284 g/mol. The van der Waals surface area contributed by atoms with E-state index >= 15 is 0 Å². The highest BCUT2D eigenvalue weighted by Gasteiger charge is 2.13. The molecule has 0 aliphatic heterocycles. The zero-order valence-electron chi connectivity index (χ0n) is 10.7. The predicted molar refractivity (Wildman–Crippen MR) is 80.8 cm³/mol. The van der Waals surface area contributed by atoms with Crippen LogP contribution in [-0.4, -0.2) is 4.98 Å². The fraction of sp³-hybridized carbons (Fsp3) is 0.0625. The summed E-state index contributed by atoms with van der Waals surface area (Å²) in [6.45, 7) is 0.371. The largest absolute Gasteiger partial charge is 0.325 e. The molecule has 0 unspecified atom stereocenters. The van der Waals surface area contributed by atoms with E-state index in [1.54, 1.807) is 17.4 Å². The summed E-state index contributed by atoms with van der Waals surface area (Å²) in [5.74, 6) is -0.256. The summed E-state index contributed by atoms with van der Waals surface area (Å²) in [4.78, 5) is 5.59. The van der Waals surface area contributed by atoms with Crippen molar-refractivity contribution in [3.05, 3.63) is 66.1 Å². The van der Waals surface area contributed by atoms with Crippen molar-refractivity contribution in [3.63, 3.8) is 0 Å². The van der Waals surface area contributed by atoms with E-state index in [0.29, 0.717) is 6.54 Å². The minimum Gasteiger partial charge on any atom is -0.325 e. The number of thiazole rings is 1. The highest BCUT2D eigenvalue weighted by Crippen LogP contribution is 2.35. The molecule has 0 saturated heterocycles. The lowest BCUT2D eigenvalue weighted by Crippen LogP contribution is -1.98. The Bertz CT molecular complexity index is 722. The van der Waals surface area contributed by atoms with Gasteiger partial charge >= 0.3 is 0 Å². The highest BCUT2D eigenvalue weighted by molar-refractivity contribution is 7.18. The van der Waals surface area contributed by atoms with Crippen molar-refractivity contribution in [1.29, 1.82) is 0 Å². The summed E-state index contributed by atoms with van der Waals surface area (Å²) in [6, 6.07) is 16.5. The van der Waals surface area contributed by atoms with Gasteiger partial charge in [-0.05, 0) is 17.7 Å². The van der Waals surface area contributed by atoms with Crippen molar-refractivity contribution in [1.82, 2.24) is 4.98 Å². The SMILES string of the molecule is NCc1nc(-c2cccc(F)c2)sc1-c1ccccc1. The molecule has 4 heteroatoms. The van der Waals surface area contributed by atoms with Crippen molar-refractivity contribution in [2.75, 3.05) is 0 Å². The fourth-order valence-electron chi connectivity index (χ4n) is 2.05. The van der Waals surface area contributed by atoms with Crippen LogP contribution in [0.1, 0.15) is 5.69 Å². The smallest absolute Gasteiger partial charge is 0.124 e. The number of nitrogens with two attached hydrogens (primary N) is 1. The van der Waals surface area contributed by atoms with E-state index in [2.05, 4.69) is 4.98 Å². The molecule has 0 radical (unpaired) electrons. The van der Waals surface area contributed by atoms with E-state index in [1.807, 2.05) is 36.4 Å². The second kappa shape index (κ2) is 5.53. The molecule has 0 saturated carbocycles. The first kappa shape index (κ1) is 13.0. The fourth-order valence-corrected chi connectivity index (χ4v) is 3.14. The van der Waals surface area contributed by atoms with E-state index in [1.165, 1.54) is 12.1 Å². The minimum absolute atomic E-state index is 0.256. The second-order valence-corrected chi connectivity index (χ2v) is 5.37. The number of benzene rings is 2. The molecule has 1 heterocycles. The average molecular weight is 284 g/mol. The first-order valence-electron chi connectivity index (χ1n) is 6.29. The third-order valence-electron chi connectivity index (χ3n) is 3.00. The molecular formula is C16H13FN2S. The molecule has 2 nitrogen and oxygen atoms in total. The molecule has 0 atom stereocenters. The lowest BCUT2D eigenvalue weighted by molar-refractivity contribution is 0.628. The number of halogens is 1. The average Bonchev–Trinajstić information content (AvgIpc) is 2.92. The van der Waals surface area contributed by atoms with Crippen LogP contribution in [-0.2, 0) is 6.54 Å². The molecule has 2 N–H and O–H groups in total. The molecule has 1 aromatic heterocycles. The van der Waals surface area contributed by atoms with Crippen molar-refractivity contribution in [2.24, 2.45) is 5.73 Å². The third-order valence-corrected chi connectivity index (χ3v) is 4.19. The van der Waals surface area contributed by atoms with Gasteiger partial charge in [-0.3, -0.25) is 0 Å². The molecule has 3 aromatic rings. The van der Waals surface area contributed by atoms with Gasteiger partial charge < -0.3 is 5.73 Å². The Hall–Kier alpha value is -2.04. The highest BCUT2D eigenvalue weighted by atomic mass is 32.1. The predicted octanol–water partition coefficient (Wildman–Crippen LogP) is 4.07. The van der Waals surface area contributed by atoms with E-state index < -0.39 is 0 Å². The van der Waals surface area contributed by atoms with Crippen molar-refractivity contribution >= 4 is 11.3 Å². The van der Waals surface area contributed by atoms with Gasteiger partial charge in [-0.1, -0.05) is 42.5 Å². The third kappa shape index (κ3) is 2.48. The summed E-state index contributed by atoms with van der Waals surface area (Å²) in [6.07, 6.45) is 0. The Balaban J connectivity index is 2.10. The van der Waals surface area contributed by atoms with Gasteiger partial charge in [-0.25, -0.2) is 9.37 Å². The molecule has 3 rings (SSSR count). The van der Waals surface area contributed by atoms with Gasteiger partial charge in [0.1, 0.15) is 10.8 Å². The van der Waals surface area contributed by atoms with Crippen molar-refractivity contribution in [2.45, 2.75) is 6.54 Å². The molecule has 0 amide bonds. The zero-order valence-corrected chi connectivity index (χ0v) is 11.5. The Morgan fingerprint density at radius 1 is 1.00 bits per heavy atom. The summed E-state index contributed by atoms with van der Waals surface area (Å²) < 4.78 is 13.3. The van der Waals surface area contributed by atoms with Gasteiger partial charge in [0.25, 0.3) is 0 Å². The first-order chi connectivity index (χ1) is 9.78. The quantitative estimate of drug-likeness (QED) is 0.787. The van der Waals surface area contributed by atoms with Gasteiger partial charge in [0, 0.05) is 12.1 Å². The maximum atomic E-state index is 13.3. The number of hydrogen-bond donors (Lipinski definition) is 1. The summed E-state index contributed by atoms with van der Waals surface area (Å²) in [7, 11) is 0. The van der Waals surface area contributed by atoms with E-state index in [4.69, 9.17) is 5.73 Å². The topological polar surface area (TPSA) is 38.9 Å². The number of nitrogens with zero attached hydrogens (tertiary/aromatic N) is 1. The van der Waals surface area contributed by atoms with Gasteiger partial charge in [-0.15, -0.1) is 11.3 Å². The summed E-state index contributed by atoms with van der Waals surface area (Å²) >= 11 is 1.54. The molecule has 0 spiro atoms. The van der Waals surface area contributed by atoms with Gasteiger partial charge in [0.15, 0.2) is 0 Å². The van der Waals surface area contributed by atoms with Crippen LogP contribution in [0.5, 0.6) is 0 Å². The molecule has 0 aliphatic carbocycles. The Morgan fingerprint density at radius 2 is 1.75 bits per heavy atom. The van der Waals surface area contributed by atoms with E-state index in [9.17, 15) is 4.39 Å². The van der Waals surface area contributed by atoms with Crippen LogP contribution in [0.3, 0.4) is 0 Å². The molecule has 2 aromatic carbocycles. The van der Waals surface area contributed by atoms with Gasteiger partial charge in [-0.2, -0.15) is 0 Å². The molecule has 20 heavy (non-hydrogen) atoms. The maximum absolute atomic E-state index is 13.3. The summed E-state index contributed by atoms with van der Waals surface area (Å²) in [5.41, 5.74) is 8.50. The minimum atomic E-state index is -0.256.